The Kier molecular flexibility index (Phi) is 3.80. The van der Waals surface area contributed by atoms with Crippen LogP contribution in [0.1, 0.15) is 39.5 Å². The van der Waals surface area contributed by atoms with Crippen molar-refractivity contribution in [1.29, 1.82) is 0 Å². The molecule has 3 aliphatic rings. The maximum absolute atomic E-state index is 12.0. The second kappa shape index (κ2) is 5.31. The molecule has 6 atom stereocenters. The van der Waals surface area contributed by atoms with Crippen molar-refractivity contribution in [2.75, 3.05) is 6.61 Å². The van der Waals surface area contributed by atoms with Crippen LogP contribution in [0, 0.1) is 17.3 Å². The molecule has 1 aliphatic heterocycles. The van der Waals surface area contributed by atoms with Gasteiger partial charge in [0.1, 0.15) is 12.2 Å². The summed E-state index contributed by atoms with van der Waals surface area (Å²) in [4.78, 5) is 23.5. The lowest BCUT2D eigenvalue weighted by atomic mass is 9.64. The highest BCUT2D eigenvalue weighted by atomic mass is 16.6. The smallest absolute Gasteiger partial charge is 0.334 e. The largest absolute Gasteiger partial charge is 0.462 e. The molecule has 1 saturated heterocycles. The summed E-state index contributed by atoms with van der Waals surface area (Å²) in [6.45, 7) is 6.66. The van der Waals surface area contributed by atoms with E-state index in [2.05, 4.69) is 6.58 Å². The van der Waals surface area contributed by atoms with Crippen LogP contribution in [0.4, 0.5) is 0 Å². The first-order valence-corrected chi connectivity index (χ1v) is 8.18. The molecule has 0 aromatic carbocycles. The second-order valence-corrected chi connectivity index (χ2v) is 7.20. The van der Waals surface area contributed by atoms with Crippen LogP contribution < -0.4 is 0 Å². The molecular weight excluding hydrogens is 300 g/mol. The molecular formula is C17H24O6. The molecule has 23 heavy (non-hydrogen) atoms. The summed E-state index contributed by atoms with van der Waals surface area (Å²) in [5, 5.41) is 21.7. The minimum Gasteiger partial charge on any atom is -0.462 e. The van der Waals surface area contributed by atoms with E-state index in [4.69, 9.17) is 9.47 Å². The molecule has 0 bridgehead atoms. The Morgan fingerprint density at radius 3 is 2.74 bits per heavy atom. The average Bonchev–Trinajstić information content (AvgIpc) is 2.90. The fourth-order valence-corrected chi connectivity index (χ4v) is 5.01. The van der Waals surface area contributed by atoms with Crippen molar-refractivity contribution >= 4 is 11.9 Å². The molecule has 6 heteroatoms. The van der Waals surface area contributed by atoms with Gasteiger partial charge in [0.05, 0.1) is 17.6 Å². The number of aliphatic hydroxyl groups is 2. The van der Waals surface area contributed by atoms with Gasteiger partial charge in [-0.05, 0) is 31.6 Å². The second-order valence-electron chi connectivity index (χ2n) is 7.20. The lowest BCUT2D eigenvalue weighted by Crippen LogP contribution is -2.62. The lowest BCUT2D eigenvalue weighted by molar-refractivity contribution is -0.212. The molecule has 0 aromatic rings. The van der Waals surface area contributed by atoms with Crippen LogP contribution in [0.15, 0.2) is 12.2 Å². The van der Waals surface area contributed by atoms with E-state index >= 15 is 0 Å². The van der Waals surface area contributed by atoms with Crippen molar-refractivity contribution in [3.8, 4) is 0 Å². The highest BCUT2D eigenvalue weighted by molar-refractivity contribution is 5.91. The van der Waals surface area contributed by atoms with Gasteiger partial charge in [0.15, 0.2) is 0 Å². The SMILES string of the molecule is C=C1C(=O)OC2C1CCC(C)C1(O)CCC(OC(C)=O)C21CO. The fraction of sp³-hybridized carbons (Fsp3) is 0.765. The summed E-state index contributed by atoms with van der Waals surface area (Å²) in [7, 11) is 0. The molecule has 0 spiro atoms. The van der Waals surface area contributed by atoms with Crippen LogP contribution in [-0.4, -0.2) is 46.6 Å². The Labute approximate surface area is 135 Å². The third-order valence-corrected chi connectivity index (χ3v) is 6.28. The van der Waals surface area contributed by atoms with E-state index in [-0.39, 0.29) is 11.8 Å². The third kappa shape index (κ3) is 2.01. The summed E-state index contributed by atoms with van der Waals surface area (Å²) in [6.07, 6.45) is 0.805. The predicted molar refractivity (Wildman–Crippen MR) is 80.2 cm³/mol. The number of ether oxygens (including phenoxy) is 2. The van der Waals surface area contributed by atoms with Crippen molar-refractivity contribution in [2.24, 2.45) is 17.3 Å². The van der Waals surface area contributed by atoms with Crippen molar-refractivity contribution in [1.82, 2.24) is 0 Å². The topological polar surface area (TPSA) is 93.1 Å². The van der Waals surface area contributed by atoms with E-state index in [1.165, 1.54) is 6.92 Å². The molecule has 6 nitrogen and oxygen atoms in total. The van der Waals surface area contributed by atoms with E-state index in [9.17, 15) is 19.8 Å². The van der Waals surface area contributed by atoms with Gasteiger partial charge in [0.2, 0.25) is 0 Å². The Balaban J connectivity index is 2.13. The molecule has 6 unspecified atom stereocenters. The Bertz CT molecular complexity index is 557. The first-order valence-electron chi connectivity index (χ1n) is 8.18. The zero-order valence-corrected chi connectivity index (χ0v) is 13.6. The Hall–Kier alpha value is -1.40. The first kappa shape index (κ1) is 16.5. The number of hydrogen-bond acceptors (Lipinski definition) is 6. The maximum Gasteiger partial charge on any atom is 0.334 e. The molecule has 0 aromatic heterocycles. The normalized spacial score (nSPS) is 45.9. The van der Waals surface area contributed by atoms with Crippen LogP contribution in [0.25, 0.3) is 0 Å². The molecule has 2 saturated carbocycles. The molecule has 2 N–H and O–H groups in total. The van der Waals surface area contributed by atoms with Crippen LogP contribution >= 0.6 is 0 Å². The minimum absolute atomic E-state index is 0.104. The minimum atomic E-state index is -1.24. The summed E-state index contributed by atoms with van der Waals surface area (Å²) >= 11 is 0. The van der Waals surface area contributed by atoms with Gasteiger partial charge in [-0.1, -0.05) is 13.5 Å². The Morgan fingerprint density at radius 2 is 2.13 bits per heavy atom. The van der Waals surface area contributed by atoms with Crippen molar-refractivity contribution in [3.05, 3.63) is 12.2 Å². The van der Waals surface area contributed by atoms with E-state index < -0.39 is 41.8 Å². The number of rotatable bonds is 2. The van der Waals surface area contributed by atoms with Gasteiger partial charge in [0.25, 0.3) is 0 Å². The van der Waals surface area contributed by atoms with Crippen LogP contribution in [0.2, 0.25) is 0 Å². The van der Waals surface area contributed by atoms with Gasteiger partial charge in [-0.25, -0.2) is 4.79 Å². The summed E-state index contributed by atoms with van der Waals surface area (Å²) < 4.78 is 11.0. The highest BCUT2D eigenvalue weighted by Crippen LogP contribution is 2.61. The summed E-state index contributed by atoms with van der Waals surface area (Å²) in [6, 6.07) is 0. The van der Waals surface area contributed by atoms with Gasteiger partial charge in [-0.15, -0.1) is 0 Å². The number of fused-ring (bicyclic) bond motifs is 3. The third-order valence-electron chi connectivity index (χ3n) is 6.28. The van der Waals surface area contributed by atoms with Crippen LogP contribution in [-0.2, 0) is 19.1 Å². The first-order chi connectivity index (χ1) is 10.8. The van der Waals surface area contributed by atoms with Gasteiger partial charge >= 0.3 is 11.9 Å². The van der Waals surface area contributed by atoms with E-state index in [0.29, 0.717) is 31.3 Å². The molecule has 0 amide bonds. The van der Waals surface area contributed by atoms with Gasteiger partial charge in [0, 0.05) is 18.4 Å². The maximum atomic E-state index is 12.0. The predicted octanol–water partition coefficient (Wildman–Crippen LogP) is 0.949. The molecule has 3 rings (SSSR count). The van der Waals surface area contributed by atoms with E-state index in [1.807, 2.05) is 6.92 Å². The highest BCUT2D eigenvalue weighted by Gasteiger charge is 2.71. The number of aliphatic hydroxyl groups excluding tert-OH is 1. The average molecular weight is 324 g/mol. The van der Waals surface area contributed by atoms with Gasteiger partial charge in [-0.3, -0.25) is 4.79 Å². The molecule has 2 aliphatic carbocycles. The lowest BCUT2D eigenvalue weighted by Gasteiger charge is -2.48. The Morgan fingerprint density at radius 1 is 1.43 bits per heavy atom. The monoisotopic (exact) mass is 324 g/mol. The number of carbonyl (C=O) groups is 2. The van der Waals surface area contributed by atoms with E-state index in [1.54, 1.807) is 0 Å². The number of carbonyl (C=O) groups excluding carboxylic acids is 2. The fourth-order valence-electron chi connectivity index (χ4n) is 5.01. The summed E-state index contributed by atoms with van der Waals surface area (Å²) in [5.74, 6) is -1.32. The number of hydrogen-bond donors (Lipinski definition) is 2. The molecule has 1 heterocycles. The molecule has 3 fully saturated rings. The van der Waals surface area contributed by atoms with Crippen LogP contribution in [0.3, 0.4) is 0 Å². The van der Waals surface area contributed by atoms with Gasteiger partial charge < -0.3 is 19.7 Å². The summed E-state index contributed by atoms with van der Waals surface area (Å²) in [5.41, 5.74) is -2.06. The number of esters is 2. The molecule has 128 valence electrons. The zero-order chi connectivity index (χ0) is 17.0. The standard InChI is InChI=1S/C17H24O6/c1-9-4-5-12-10(2)15(20)23-14(12)16(8-18)13(22-11(3)19)6-7-17(9,16)21/h9,12-14,18,21H,2,4-8H2,1,3H3. The van der Waals surface area contributed by atoms with Crippen molar-refractivity contribution in [2.45, 2.75) is 57.3 Å². The zero-order valence-electron chi connectivity index (χ0n) is 13.6. The quantitative estimate of drug-likeness (QED) is 0.580. The molecule has 0 radical (unpaired) electrons. The van der Waals surface area contributed by atoms with E-state index in [0.717, 1.165) is 0 Å². The van der Waals surface area contributed by atoms with Gasteiger partial charge in [-0.2, -0.15) is 0 Å². The van der Waals surface area contributed by atoms with Crippen molar-refractivity contribution in [3.63, 3.8) is 0 Å². The van der Waals surface area contributed by atoms with Crippen molar-refractivity contribution < 1.29 is 29.3 Å². The van der Waals surface area contributed by atoms with Crippen LogP contribution in [0.5, 0.6) is 0 Å².